The maximum absolute atomic E-state index is 4.17. The Kier molecular flexibility index (Phi) is 7.79. The third kappa shape index (κ3) is 4.32. The Morgan fingerprint density at radius 3 is 2.25 bits per heavy atom. The summed E-state index contributed by atoms with van der Waals surface area (Å²) in [4.78, 5) is 0. The Bertz CT molecular complexity index is 518. The van der Waals surface area contributed by atoms with Gasteiger partial charge in [0.2, 0.25) is 0 Å². The standard InChI is InChI=1S/C23H37N/c1-8-19(5)17-18-23(11-4,24-20(6)9-2)22(7,10-3)21-15-13-12-14-16-21/h9,12-16,19,24H,2,6,8,10-11,17-18H2,1,3-5,7H3/t19-,22?,23?/m1/s1. The summed E-state index contributed by atoms with van der Waals surface area (Å²) in [7, 11) is 0. The molecule has 1 heteroatoms. The van der Waals surface area contributed by atoms with E-state index in [1.807, 2.05) is 6.08 Å². The Balaban J connectivity index is 3.35. The van der Waals surface area contributed by atoms with Crippen molar-refractivity contribution in [3.8, 4) is 0 Å². The van der Waals surface area contributed by atoms with Gasteiger partial charge in [-0.15, -0.1) is 0 Å². The van der Waals surface area contributed by atoms with Gasteiger partial charge >= 0.3 is 0 Å². The van der Waals surface area contributed by atoms with E-state index in [0.717, 1.165) is 30.9 Å². The van der Waals surface area contributed by atoms with Crippen LogP contribution < -0.4 is 5.32 Å². The van der Waals surface area contributed by atoms with Gasteiger partial charge in [0.15, 0.2) is 0 Å². The summed E-state index contributed by atoms with van der Waals surface area (Å²) in [6.07, 6.45) is 7.60. The highest BCUT2D eigenvalue weighted by atomic mass is 15.0. The number of benzene rings is 1. The van der Waals surface area contributed by atoms with Crippen molar-refractivity contribution < 1.29 is 0 Å². The van der Waals surface area contributed by atoms with E-state index in [1.165, 1.54) is 18.4 Å². The second-order valence-corrected chi connectivity index (χ2v) is 7.39. The highest BCUT2D eigenvalue weighted by Gasteiger charge is 2.46. The lowest BCUT2D eigenvalue weighted by Gasteiger charge is -2.51. The minimum Gasteiger partial charge on any atom is -0.379 e. The fraction of sp³-hybridized carbons (Fsp3) is 0.565. The molecule has 0 aliphatic rings. The second-order valence-electron chi connectivity index (χ2n) is 7.39. The van der Waals surface area contributed by atoms with Gasteiger partial charge in [-0.25, -0.2) is 0 Å². The molecule has 1 nitrogen and oxygen atoms in total. The van der Waals surface area contributed by atoms with E-state index >= 15 is 0 Å². The Hall–Kier alpha value is -1.50. The average molecular weight is 328 g/mol. The summed E-state index contributed by atoms with van der Waals surface area (Å²) in [5.41, 5.74) is 2.36. The van der Waals surface area contributed by atoms with E-state index in [1.54, 1.807) is 0 Å². The van der Waals surface area contributed by atoms with Crippen molar-refractivity contribution in [2.24, 2.45) is 5.92 Å². The molecule has 0 amide bonds. The first-order valence-electron chi connectivity index (χ1n) is 9.54. The summed E-state index contributed by atoms with van der Waals surface area (Å²) in [6, 6.07) is 11.0. The first kappa shape index (κ1) is 20.5. The molecule has 2 unspecified atom stereocenters. The Labute approximate surface area is 150 Å². The van der Waals surface area contributed by atoms with Crippen molar-refractivity contribution in [3.63, 3.8) is 0 Å². The fourth-order valence-electron chi connectivity index (χ4n) is 3.81. The molecule has 0 saturated carbocycles. The van der Waals surface area contributed by atoms with Gasteiger partial charge in [0, 0.05) is 16.7 Å². The normalized spacial score (nSPS) is 17.4. The third-order valence-corrected chi connectivity index (χ3v) is 6.18. The number of rotatable bonds is 11. The van der Waals surface area contributed by atoms with Gasteiger partial charge < -0.3 is 5.32 Å². The minimum absolute atomic E-state index is 0.0161. The van der Waals surface area contributed by atoms with Crippen molar-refractivity contribution in [1.82, 2.24) is 5.32 Å². The van der Waals surface area contributed by atoms with Gasteiger partial charge in [0.25, 0.3) is 0 Å². The van der Waals surface area contributed by atoms with Crippen molar-refractivity contribution >= 4 is 0 Å². The van der Waals surface area contributed by atoms with E-state index in [9.17, 15) is 0 Å². The summed E-state index contributed by atoms with van der Waals surface area (Å²) < 4.78 is 0. The second kappa shape index (κ2) is 9.11. The molecule has 0 bridgehead atoms. The van der Waals surface area contributed by atoms with Crippen LogP contribution in [0, 0.1) is 5.92 Å². The molecule has 1 aromatic carbocycles. The zero-order valence-corrected chi connectivity index (χ0v) is 16.5. The molecule has 0 saturated heterocycles. The van der Waals surface area contributed by atoms with Crippen LogP contribution in [0.15, 0.2) is 55.3 Å². The smallest absolute Gasteiger partial charge is 0.0464 e. The van der Waals surface area contributed by atoms with E-state index < -0.39 is 0 Å². The van der Waals surface area contributed by atoms with Crippen LogP contribution >= 0.6 is 0 Å². The van der Waals surface area contributed by atoms with Crippen molar-refractivity contribution in [1.29, 1.82) is 0 Å². The minimum atomic E-state index is -0.0161. The first-order valence-corrected chi connectivity index (χ1v) is 9.54. The van der Waals surface area contributed by atoms with Gasteiger partial charge in [0.05, 0.1) is 0 Å². The molecular formula is C23H37N. The molecule has 0 aliphatic heterocycles. The predicted molar refractivity (Wildman–Crippen MR) is 108 cm³/mol. The van der Waals surface area contributed by atoms with Crippen LogP contribution in [0.25, 0.3) is 0 Å². The molecule has 0 aliphatic carbocycles. The molecule has 1 aromatic rings. The van der Waals surface area contributed by atoms with Crippen LogP contribution in [0.3, 0.4) is 0 Å². The van der Waals surface area contributed by atoms with Crippen LogP contribution in [-0.2, 0) is 5.41 Å². The maximum atomic E-state index is 4.17. The van der Waals surface area contributed by atoms with E-state index in [2.05, 4.69) is 83.4 Å². The summed E-state index contributed by atoms with van der Waals surface area (Å²) in [6.45, 7) is 19.7. The van der Waals surface area contributed by atoms with Crippen LogP contribution in [0.4, 0.5) is 0 Å². The summed E-state index contributed by atoms with van der Waals surface area (Å²) >= 11 is 0. The van der Waals surface area contributed by atoms with E-state index in [0.29, 0.717) is 0 Å². The lowest BCUT2D eigenvalue weighted by atomic mass is 9.61. The van der Waals surface area contributed by atoms with Crippen LogP contribution in [-0.4, -0.2) is 5.54 Å². The molecule has 134 valence electrons. The molecule has 0 spiro atoms. The molecule has 1 rings (SSSR count). The molecular weight excluding hydrogens is 290 g/mol. The topological polar surface area (TPSA) is 12.0 Å². The molecule has 3 atom stereocenters. The maximum Gasteiger partial charge on any atom is 0.0464 e. The number of allylic oxidation sites excluding steroid dienone is 1. The largest absolute Gasteiger partial charge is 0.379 e. The third-order valence-electron chi connectivity index (χ3n) is 6.18. The van der Waals surface area contributed by atoms with Gasteiger partial charge in [-0.3, -0.25) is 0 Å². The van der Waals surface area contributed by atoms with Gasteiger partial charge in [-0.1, -0.05) is 84.5 Å². The summed E-state index contributed by atoms with van der Waals surface area (Å²) in [5.74, 6) is 0.742. The van der Waals surface area contributed by atoms with E-state index in [4.69, 9.17) is 0 Å². The number of nitrogens with one attached hydrogen (secondary N) is 1. The van der Waals surface area contributed by atoms with Crippen LogP contribution in [0.1, 0.15) is 72.3 Å². The van der Waals surface area contributed by atoms with Gasteiger partial charge in [0.1, 0.15) is 0 Å². The Morgan fingerprint density at radius 1 is 1.17 bits per heavy atom. The van der Waals surface area contributed by atoms with Crippen molar-refractivity contribution in [2.75, 3.05) is 0 Å². The summed E-state index contributed by atoms with van der Waals surface area (Å²) in [5, 5.41) is 3.79. The quantitative estimate of drug-likeness (QED) is 0.450. The van der Waals surface area contributed by atoms with Crippen molar-refractivity contribution in [3.05, 3.63) is 60.8 Å². The SMILES string of the molecule is C=CC(=C)NC(CC)(CC[C@H](C)CC)C(C)(CC)c1ccccc1. The fourth-order valence-corrected chi connectivity index (χ4v) is 3.81. The molecule has 0 aromatic heterocycles. The number of hydrogen-bond acceptors (Lipinski definition) is 1. The number of hydrogen-bond donors (Lipinski definition) is 1. The molecule has 1 N–H and O–H groups in total. The van der Waals surface area contributed by atoms with Crippen molar-refractivity contribution in [2.45, 2.75) is 77.7 Å². The molecule has 24 heavy (non-hydrogen) atoms. The zero-order chi connectivity index (χ0) is 18.2. The van der Waals surface area contributed by atoms with Gasteiger partial charge in [-0.2, -0.15) is 0 Å². The lowest BCUT2D eigenvalue weighted by molar-refractivity contribution is 0.154. The predicted octanol–water partition coefficient (Wildman–Crippen LogP) is 6.62. The average Bonchev–Trinajstić information content (AvgIpc) is 2.64. The highest BCUT2D eigenvalue weighted by molar-refractivity contribution is 5.32. The first-order chi connectivity index (χ1) is 11.4. The van der Waals surface area contributed by atoms with E-state index in [-0.39, 0.29) is 11.0 Å². The lowest BCUT2D eigenvalue weighted by Crippen LogP contribution is -2.58. The zero-order valence-electron chi connectivity index (χ0n) is 16.5. The van der Waals surface area contributed by atoms with Gasteiger partial charge in [-0.05, 0) is 43.2 Å². The Morgan fingerprint density at radius 2 is 1.79 bits per heavy atom. The van der Waals surface area contributed by atoms with Crippen LogP contribution in [0.5, 0.6) is 0 Å². The molecule has 0 heterocycles. The van der Waals surface area contributed by atoms with Crippen LogP contribution in [0.2, 0.25) is 0 Å². The highest BCUT2D eigenvalue weighted by Crippen LogP contribution is 2.44. The monoisotopic (exact) mass is 327 g/mol. The molecule has 0 fully saturated rings. The molecule has 0 radical (unpaired) electrons.